The summed E-state index contributed by atoms with van der Waals surface area (Å²) in [5.74, 6) is -0.677. The Kier molecular flexibility index (Phi) is 5.41. The van der Waals surface area contributed by atoms with Crippen LogP contribution in [0.3, 0.4) is 0 Å². The molecular weight excluding hydrogens is 230 g/mol. The van der Waals surface area contributed by atoms with Crippen molar-refractivity contribution in [1.82, 2.24) is 4.72 Å². The molecule has 0 aromatic heterocycles. The van der Waals surface area contributed by atoms with E-state index < -0.39 is 21.5 Å². The van der Waals surface area contributed by atoms with Crippen LogP contribution in [0.15, 0.2) is 0 Å². The van der Waals surface area contributed by atoms with E-state index in [1.165, 1.54) is 0 Å². The summed E-state index contributed by atoms with van der Waals surface area (Å²) in [7, 11) is -3.39. The van der Waals surface area contributed by atoms with Gasteiger partial charge in [-0.3, -0.25) is 4.79 Å². The van der Waals surface area contributed by atoms with Crippen LogP contribution >= 0.6 is 0 Å². The number of carbonyl (C=O) groups is 1. The van der Waals surface area contributed by atoms with Crippen molar-refractivity contribution in [2.75, 3.05) is 5.75 Å². The molecule has 0 heterocycles. The van der Waals surface area contributed by atoms with Crippen molar-refractivity contribution in [3.05, 3.63) is 0 Å². The lowest BCUT2D eigenvalue weighted by atomic mass is 10.0. The second-order valence-electron chi connectivity index (χ2n) is 5.06. The molecule has 96 valence electrons. The van der Waals surface area contributed by atoms with Crippen LogP contribution in [-0.2, 0) is 14.8 Å². The fourth-order valence-electron chi connectivity index (χ4n) is 1.28. The van der Waals surface area contributed by atoms with Crippen LogP contribution in [0.25, 0.3) is 0 Å². The van der Waals surface area contributed by atoms with Crippen molar-refractivity contribution in [3.63, 3.8) is 0 Å². The molecule has 2 N–H and O–H groups in total. The molecule has 0 unspecified atom stereocenters. The third-order valence-electron chi connectivity index (χ3n) is 1.99. The number of aliphatic carboxylic acids is 1. The van der Waals surface area contributed by atoms with Crippen molar-refractivity contribution in [1.29, 1.82) is 0 Å². The molecule has 0 saturated carbocycles. The van der Waals surface area contributed by atoms with Crippen LogP contribution < -0.4 is 4.72 Å². The smallest absolute Gasteiger partial charge is 0.305 e. The van der Waals surface area contributed by atoms with Gasteiger partial charge in [0.25, 0.3) is 0 Å². The first kappa shape index (κ1) is 15.4. The molecule has 0 aliphatic rings. The Morgan fingerprint density at radius 1 is 1.38 bits per heavy atom. The number of carboxylic acid groups (broad SMARTS) is 1. The van der Waals surface area contributed by atoms with Crippen LogP contribution in [0.2, 0.25) is 0 Å². The van der Waals surface area contributed by atoms with E-state index >= 15 is 0 Å². The van der Waals surface area contributed by atoms with Crippen LogP contribution in [0, 0.1) is 5.92 Å². The van der Waals surface area contributed by atoms with Gasteiger partial charge in [0.15, 0.2) is 0 Å². The van der Waals surface area contributed by atoms with Gasteiger partial charge in [-0.1, -0.05) is 13.8 Å². The average molecular weight is 251 g/mol. The first-order valence-electron chi connectivity index (χ1n) is 5.27. The minimum absolute atomic E-state index is 0.0354. The summed E-state index contributed by atoms with van der Waals surface area (Å²) < 4.78 is 25.7. The number of carboxylic acids is 1. The highest BCUT2D eigenvalue weighted by Crippen LogP contribution is 2.11. The molecule has 0 radical (unpaired) electrons. The summed E-state index contributed by atoms with van der Waals surface area (Å²) in [5.41, 5.74) is -0.943. The van der Waals surface area contributed by atoms with Crippen molar-refractivity contribution in [3.8, 4) is 0 Å². The van der Waals surface area contributed by atoms with Gasteiger partial charge in [0.05, 0.1) is 12.2 Å². The molecule has 16 heavy (non-hydrogen) atoms. The van der Waals surface area contributed by atoms with E-state index in [9.17, 15) is 13.2 Å². The summed E-state index contributed by atoms with van der Waals surface area (Å²) in [4.78, 5) is 10.5. The van der Waals surface area contributed by atoms with Gasteiger partial charge in [-0.25, -0.2) is 13.1 Å². The zero-order valence-corrected chi connectivity index (χ0v) is 11.1. The minimum atomic E-state index is -3.39. The number of sulfonamides is 1. The summed E-state index contributed by atoms with van der Waals surface area (Å²) in [6, 6.07) is 0. The Morgan fingerprint density at radius 3 is 2.25 bits per heavy atom. The summed E-state index contributed by atoms with van der Waals surface area (Å²) >= 11 is 0. The fraction of sp³-hybridized carbons (Fsp3) is 0.900. The lowest BCUT2D eigenvalue weighted by molar-refractivity contribution is -0.138. The molecule has 0 atom stereocenters. The van der Waals surface area contributed by atoms with Crippen LogP contribution in [0.1, 0.15) is 40.5 Å². The Morgan fingerprint density at radius 2 is 1.88 bits per heavy atom. The van der Waals surface area contributed by atoms with Gasteiger partial charge < -0.3 is 5.11 Å². The lowest BCUT2D eigenvalue weighted by Gasteiger charge is -2.24. The van der Waals surface area contributed by atoms with E-state index in [-0.39, 0.29) is 12.2 Å². The standard InChI is InChI=1S/C10H21NO4S/c1-8(2)5-6-16(14,15)11-10(3,4)7-9(12)13/h8,11H,5-7H2,1-4H3,(H,12,13). The van der Waals surface area contributed by atoms with Crippen molar-refractivity contribution in [2.45, 2.75) is 46.1 Å². The van der Waals surface area contributed by atoms with E-state index in [0.717, 1.165) is 0 Å². The third-order valence-corrected chi connectivity index (χ3v) is 3.63. The molecule has 0 aliphatic heterocycles. The SMILES string of the molecule is CC(C)CCS(=O)(=O)NC(C)(C)CC(=O)O. The predicted molar refractivity (Wildman–Crippen MR) is 62.7 cm³/mol. The molecular formula is C10H21NO4S. The molecule has 6 heteroatoms. The Balaban J connectivity index is 4.40. The van der Waals surface area contributed by atoms with Crippen molar-refractivity contribution in [2.24, 2.45) is 5.92 Å². The van der Waals surface area contributed by atoms with Gasteiger partial charge >= 0.3 is 5.97 Å². The summed E-state index contributed by atoms with van der Waals surface area (Å²) in [6.45, 7) is 7.01. The molecule has 0 rings (SSSR count). The molecule has 0 saturated heterocycles. The van der Waals surface area contributed by atoms with Crippen LogP contribution in [-0.4, -0.2) is 30.8 Å². The maximum Gasteiger partial charge on any atom is 0.305 e. The second-order valence-corrected chi connectivity index (χ2v) is 6.90. The third kappa shape index (κ3) is 7.64. The van der Waals surface area contributed by atoms with E-state index in [0.29, 0.717) is 12.3 Å². The zero-order chi connectivity index (χ0) is 13.0. The first-order chi connectivity index (χ1) is 7.04. The molecule has 5 nitrogen and oxygen atoms in total. The largest absolute Gasteiger partial charge is 0.481 e. The summed E-state index contributed by atoms with van der Waals surface area (Å²) in [6.07, 6.45) is 0.340. The topological polar surface area (TPSA) is 83.5 Å². The number of nitrogens with one attached hydrogen (secondary N) is 1. The Bertz CT molecular complexity index is 333. The highest BCUT2D eigenvalue weighted by molar-refractivity contribution is 7.89. The summed E-state index contributed by atoms with van der Waals surface area (Å²) in [5, 5.41) is 8.63. The maximum absolute atomic E-state index is 11.6. The lowest BCUT2D eigenvalue weighted by Crippen LogP contribution is -2.45. The average Bonchev–Trinajstić information content (AvgIpc) is 1.95. The Labute approximate surface area is 97.3 Å². The highest BCUT2D eigenvalue weighted by Gasteiger charge is 2.27. The molecule has 0 bridgehead atoms. The van der Waals surface area contributed by atoms with Gasteiger partial charge in [-0.15, -0.1) is 0 Å². The number of hydrogen-bond donors (Lipinski definition) is 2. The molecule has 0 aromatic rings. The van der Waals surface area contributed by atoms with Crippen LogP contribution in [0.4, 0.5) is 0 Å². The van der Waals surface area contributed by atoms with Gasteiger partial charge in [0.2, 0.25) is 10.0 Å². The highest BCUT2D eigenvalue weighted by atomic mass is 32.2. The van der Waals surface area contributed by atoms with Gasteiger partial charge in [-0.05, 0) is 26.2 Å². The minimum Gasteiger partial charge on any atom is -0.481 e. The molecule has 0 amide bonds. The van der Waals surface area contributed by atoms with E-state index in [2.05, 4.69) is 4.72 Å². The normalized spacial score (nSPS) is 13.1. The van der Waals surface area contributed by atoms with Gasteiger partial charge in [0, 0.05) is 5.54 Å². The quantitative estimate of drug-likeness (QED) is 0.712. The fourth-order valence-corrected chi connectivity index (χ4v) is 3.07. The predicted octanol–water partition coefficient (Wildman–Crippen LogP) is 1.21. The maximum atomic E-state index is 11.6. The Hall–Kier alpha value is -0.620. The second kappa shape index (κ2) is 5.63. The monoisotopic (exact) mass is 251 g/mol. The zero-order valence-electron chi connectivity index (χ0n) is 10.3. The molecule has 0 aromatic carbocycles. The van der Waals surface area contributed by atoms with Gasteiger partial charge in [0.1, 0.15) is 0 Å². The van der Waals surface area contributed by atoms with E-state index in [1.54, 1.807) is 13.8 Å². The van der Waals surface area contributed by atoms with E-state index in [4.69, 9.17) is 5.11 Å². The van der Waals surface area contributed by atoms with Crippen molar-refractivity contribution >= 4 is 16.0 Å². The van der Waals surface area contributed by atoms with Crippen molar-refractivity contribution < 1.29 is 18.3 Å². The number of hydrogen-bond acceptors (Lipinski definition) is 3. The van der Waals surface area contributed by atoms with Gasteiger partial charge in [-0.2, -0.15) is 0 Å². The molecule has 0 spiro atoms. The molecule has 0 fully saturated rings. The number of rotatable bonds is 7. The van der Waals surface area contributed by atoms with E-state index in [1.807, 2.05) is 13.8 Å². The molecule has 0 aliphatic carbocycles. The van der Waals surface area contributed by atoms with Crippen LogP contribution in [0.5, 0.6) is 0 Å². The first-order valence-corrected chi connectivity index (χ1v) is 6.93.